The van der Waals surface area contributed by atoms with Crippen molar-refractivity contribution in [3.63, 3.8) is 0 Å². The Balaban J connectivity index is 1.26. The average Bonchev–Trinajstić information content (AvgIpc) is 3.34. The van der Waals surface area contributed by atoms with E-state index in [1.54, 1.807) is 0 Å². The molecule has 166 valence electrons. The van der Waals surface area contributed by atoms with E-state index in [9.17, 15) is 4.79 Å². The number of piperidine rings is 1. The van der Waals surface area contributed by atoms with Gasteiger partial charge in [-0.05, 0) is 37.2 Å². The summed E-state index contributed by atoms with van der Waals surface area (Å²) >= 11 is 0. The predicted molar refractivity (Wildman–Crippen MR) is 125 cm³/mol. The molecule has 0 atom stereocenters. The summed E-state index contributed by atoms with van der Waals surface area (Å²) in [4.78, 5) is 20.5. The van der Waals surface area contributed by atoms with Gasteiger partial charge in [0.25, 0.3) is 0 Å². The summed E-state index contributed by atoms with van der Waals surface area (Å²) in [6.07, 6.45) is 7.55. The van der Waals surface area contributed by atoms with Crippen molar-refractivity contribution in [3.05, 3.63) is 78.6 Å². The van der Waals surface area contributed by atoms with Gasteiger partial charge in [-0.3, -0.25) is 4.79 Å². The van der Waals surface area contributed by atoms with Gasteiger partial charge in [0.1, 0.15) is 5.82 Å². The van der Waals surface area contributed by atoms with Crippen molar-refractivity contribution in [3.8, 4) is 11.4 Å². The molecule has 2 aliphatic rings. The van der Waals surface area contributed by atoms with Gasteiger partial charge in [-0.2, -0.15) is 0 Å². The van der Waals surface area contributed by atoms with E-state index in [4.69, 9.17) is 4.74 Å². The Morgan fingerprint density at radius 1 is 0.969 bits per heavy atom. The molecule has 2 saturated heterocycles. The van der Waals surface area contributed by atoms with Crippen LogP contribution in [0.1, 0.15) is 31.2 Å². The molecule has 2 fully saturated rings. The number of hydrogen-bond donors (Lipinski definition) is 0. The molecule has 32 heavy (non-hydrogen) atoms. The Morgan fingerprint density at radius 3 is 2.31 bits per heavy atom. The molecule has 1 amide bonds. The van der Waals surface area contributed by atoms with Crippen LogP contribution >= 0.6 is 0 Å². The number of hydrogen-bond acceptors (Lipinski definition) is 3. The van der Waals surface area contributed by atoms with Crippen LogP contribution in [0.25, 0.3) is 11.4 Å². The largest absolute Gasteiger partial charge is 0.381 e. The summed E-state index contributed by atoms with van der Waals surface area (Å²) in [7, 11) is 0. The van der Waals surface area contributed by atoms with Gasteiger partial charge in [0.15, 0.2) is 0 Å². The summed E-state index contributed by atoms with van der Waals surface area (Å²) in [5, 5.41) is 0. The first kappa shape index (κ1) is 21.0. The topological polar surface area (TPSA) is 47.4 Å². The van der Waals surface area contributed by atoms with E-state index >= 15 is 0 Å². The zero-order valence-corrected chi connectivity index (χ0v) is 18.5. The molecule has 0 radical (unpaired) electrons. The maximum atomic E-state index is 13.8. The first-order chi connectivity index (χ1) is 15.8. The molecule has 2 aromatic carbocycles. The molecule has 0 saturated carbocycles. The predicted octanol–water partition coefficient (Wildman–Crippen LogP) is 4.54. The molecule has 1 aromatic heterocycles. The lowest BCUT2D eigenvalue weighted by molar-refractivity contribution is -0.142. The lowest BCUT2D eigenvalue weighted by Crippen LogP contribution is -2.52. The number of amides is 1. The lowest BCUT2D eigenvalue weighted by Gasteiger charge is -2.42. The van der Waals surface area contributed by atoms with Crippen molar-refractivity contribution in [1.29, 1.82) is 0 Å². The fraction of sp³-hybridized carbons (Fsp3) is 0.407. The van der Waals surface area contributed by atoms with E-state index < -0.39 is 5.41 Å². The molecule has 0 spiro atoms. The first-order valence-electron chi connectivity index (χ1n) is 11.8. The van der Waals surface area contributed by atoms with Crippen LogP contribution < -0.4 is 0 Å². The summed E-state index contributed by atoms with van der Waals surface area (Å²) in [6.45, 7) is 3.91. The van der Waals surface area contributed by atoms with Crippen molar-refractivity contribution in [2.75, 3.05) is 26.3 Å². The second-order valence-electron chi connectivity index (χ2n) is 9.07. The van der Waals surface area contributed by atoms with Crippen LogP contribution in [0.3, 0.4) is 0 Å². The minimum Gasteiger partial charge on any atom is -0.381 e. The number of imidazole rings is 1. The van der Waals surface area contributed by atoms with Crippen LogP contribution in [0.5, 0.6) is 0 Å². The summed E-state index contributed by atoms with van der Waals surface area (Å²) in [6, 6.07) is 20.7. The maximum Gasteiger partial charge on any atom is 0.233 e. The van der Waals surface area contributed by atoms with Crippen LogP contribution in [-0.2, 0) is 21.5 Å². The van der Waals surface area contributed by atoms with Gasteiger partial charge >= 0.3 is 0 Å². The average molecular weight is 430 g/mol. The highest BCUT2D eigenvalue weighted by atomic mass is 16.5. The summed E-state index contributed by atoms with van der Waals surface area (Å²) < 4.78 is 7.89. The minimum absolute atomic E-state index is 0.290. The Bertz CT molecular complexity index is 1020. The molecule has 5 rings (SSSR count). The van der Waals surface area contributed by atoms with Crippen molar-refractivity contribution < 1.29 is 9.53 Å². The number of likely N-dealkylation sites (tertiary alicyclic amines) is 1. The van der Waals surface area contributed by atoms with Crippen LogP contribution in [-0.4, -0.2) is 46.7 Å². The van der Waals surface area contributed by atoms with Gasteiger partial charge in [0.05, 0.1) is 5.41 Å². The summed E-state index contributed by atoms with van der Waals surface area (Å²) in [5.74, 6) is 1.87. The number of carbonyl (C=O) groups is 1. The molecule has 3 heterocycles. The smallest absolute Gasteiger partial charge is 0.233 e. The second-order valence-corrected chi connectivity index (χ2v) is 9.07. The molecule has 0 unspecified atom stereocenters. The third-order valence-corrected chi connectivity index (χ3v) is 7.19. The number of nitrogens with zero attached hydrogens (tertiary/aromatic N) is 3. The highest BCUT2D eigenvalue weighted by molar-refractivity contribution is 5.88. The second kappa shape index (κ2) is 9.29. The van der Waals surface area contributed by atoms with Gasteiger partial charge in [0.2, 0.25) is 5.91 Å². The van der Waals surface area contributed by atoms with Crippen molar-refractivity contribution in [2.24, 2.45) is 5.92 Å². The minimum atomic E-state index is -0.433. The third-order valence-electron chi connectivity index (χ3n) is 7.19. The van der Waals surface area contributed by atoms with E-state index in [-0.39, 0.29) is 5.91 Å². The molecular formula is C27H31N3O2. The van der Waals surface area contributed by atoms with E-state index in [1.807, 2.05) is 30.5 Å². The van der Waals surface area contributed by atoms with Crippen LogP contribution in [0.4, 0.5) is 0 Å². The van der Waals surface area contributed by atoms with Crippen LogP contribution in [0.2, 0.25) is 0 Å². The first-order valence-corrected chi connectivity index (χ1v) is 11.8. The Kier molecular flexibility index (Phi) is 6.08. The Morgan fingerprint density at radius 2 is 1.62 bits per heavy atom. The van der Waals surface area contributed by atoms with E-state index in [2.05, 4.69) is 57.0 Å². The number of ether oxygens (including phenoxy) is 1. The zero-order valence-electron chi connectivity index (χ0n) is 18.5. The lowest BCUT2D eigenvalue weighted by atomic mass is 9.72. The highest BCUT2D eigenvalue weighted by Gasteiger charge is 2.44. The zero-order chi connectivity index (χ0) is 21.8. The fourth-order valence-corrected chi connectivity index (χ4v) is 5.31. The maximum absolute atomic E-state index is 13.8. The molecule has 5 nitrogen and oxygen atoms in total. The van der Waals surface area contributed by atoms with Gasteiger partial charge < -0.3 is 14.2 Å². The number of benzene rings is 2. The van der Waals surface area contributed by atoms with Crippen LogP contribution in [0, 0.1) is 5.92 Å². The molecule has 0 aliphatic carbocycles. The summed E-state index contributed by atoms with van der Waals surface area (Å²) in [5.41, 5.74) is 1.85. The molecular weight excluding hydrogens is 398 g/mol. The fourth-order valence-electron chi connectivity index (χ4n) is 5.31. The van der Waals surface area contributed by atoms with Crippen LogP contribution in [0.15, 0.2) is 73.1 Å². The SMILES string of the molecule is O=C(N1CCC(Cn2ccnc2-c2ccccc2)CC1)C1(c2ccccc2)CCOCC1. The van der Waals surface area contributed by atoms with E-state index in [0.29, 0.717) is 19.1 Å². The Hall–Kier alpha value is -2.92. The van der Waals surface area contributed by atoms with Gasteiger partial charge in [0, 0.05) is 50.8 Å². The number of aromatic nitrogens is 2. The number of rotatable bonds is 5. The van der Waals surface area contributed by atoms with Crippen molar-refractivity contribution >= 4 is 5.91 Å². The van der Waals surface area contributed by atoms with E-state index in [1.165, 1.54) is 0 Å². The molecule has 5 heteroatoms. The van der Waals surface area contributed by atoms with Gasteiger partial charge in [-0.1, -0.05) is 60.7 Å². The monoisotopic (exact) mass is 429 g/mol. The Labute approximate surface area is 190 Å². The third kappa shape index (κ3) is 4.09. The highest BCUT2D eigenvalue weighted by Crippen LogP contribution is 2.38. The standard InChI is InChI=1S/C27H31N3O2/c31-26(27(13-19-32-20-14-27)24-9-5-2-6-10-24)29-16-11-22(12-17-29)21-30-18-15-28-25(30)23-7-3-1-4-8-23/h1-10,15,18,22H,11-14,16-17,19-21H2. The van der Waals surface area contributed by atoms with Gasteiger partial charge in [-0.25, -0.2) is 4.98 Å². The van der Waals surface area contributed by atoms with Gasteiger partial charge in [-0.15, -0.1) is 0 Å². The number of carbonyl (C=O) groups excluding carboxylic acids is 1. The molecule has 0 bridgehead atoms. The van der Waals surface area contributed by atoms with Crippen molar-refractivity contribution in [1.82, 2.24) is 14.5 Å². The molecule has 3 aromatic rings. The molecule has 2 aliphatic heterocycles. The quantitative estimate of drug-likeness (QED) is 0.598. The van der Waals surface area contributed by atoms with Crippen molar-refractivity contribution in [2.45, 2.75) is 37.6 Å². The van der Waals surface area contributed by atoms with E-state index in [0.717, 1.165) is 62.3 Å². The molecule has 0 N–H and O–H groups in total. The normalized spacial score (nSPS) is 19.1.